The first-order valence-corrected chi connectivity index (χ1v) is 11.8. The highest BCUT2D eigenvalue weighted by molar-refractivity contribution is 5.81. The van der Waals surface area contributed by atoms with E-state index >= 15 is 0 Å². The predicted molar refractivity (Wildman–Crippen MR) is 147 cm³/mol. The number of ether oxygens (including phenoxy) is 1. The number of rotatable bonds is 7. The van der Waals surface area contributed by atoms with Gasteiger partial charge < -0.3 is 14.5 Å². The summed E-state index contributed by atoms with van der Waals surface area (Å²) in [5.74, 6) is 0.190. The fraction of sp³-hybridized carbons (Fsp3) is 0.0312. The summed E-state index contributed by atoms with van der Waals surface area (Å²) in [6.45, 7) is 1.40. The molecule has 0 heterocycles. The summed E-state index contributed by atoms with van der Waals surface area (Å²) in [5, 5.41) is 0. The van der Waals surface area contributed by atoms with E-state index in [1.807, 2.05) is 54.6 Å². The van der Waals surface area contributed by atoms with E-state index in [4.69, 9.17) is 4.74 Å². The number of esters is 1. The van der Waals surface area contributed by atoms with Gasteiger partial charge >= 0.3 is 5.97 Å². The second kappa shape index (κ2) is 10.6. The zero-order valence-corrected chi connectivity index (χ0v) is 20.0. The van der Waals surface area contributed by atoms with Crippen molar-refractivity contribution < 1.29 is 9.53 Å². The second-order valence-electron chi connectivity index (χ2n) is 8.28. The number of benzene rings is 5. The van der Waals surface area contributed by atoms with Crippen LogP contribution in [0.2, 0.25) is 0 Å². The Hall–Kier alpha value is -4.83. The number of hydrogen-bond acceptors (Lipinski definition) is 4. The normalized spacial score (nSPS) is 10.5. The quantitative estimate of drug-likeness (QED) is 0.176. The second-order valence-corrected chi connectivity index (χ2v) is 8.28. The van der Waals surface area contributed by atoms with Crippen LogP contribution in [-0.2, 0) is 4.79 Å². The molecule has 0 aromatic heterocycles. The summed E-state index contributed by atoms with van der Waals surface area (Å²) in [7, 11) is 0. The van der Waals surface area contributed by atoms with Crippen LogP contribution in [0, 0.1) is 0 Å². The van der Waals surface area contributed by atoms with Gasteiger partial charge in [-0.05, 0) is 84.9 Å². The molecule has 0 N–H and O–H groups in total. The van der Waals surface area contributed by atoms with Gasteiger partial charge in [0.2, 0.25) is 0 Å². The van der Waals surface area contributed by atoms with E-state index in [9.17, 15) is 4.79 Å². The van der Waals surface area contributed by atoms with Gasteiger partial charge in [0.25, 0.3) is 0 Å². The van der Waals surface area contributed by atoms with Crippen LogP contribution in [0.4, 0.5) is 34.1 Å². The molecule has 5 aromatic rings. The Morgan fingerprint density at radius 1 is 0.444 bits per heavy atom. The van der Waals surface area contributed by atoms with Gasteiger partial charge in [-0.1, -0.05) is 54.6 Å². The van der Waals surface area contributed by atoms with Crippen molar-refractivity contribution in [1.82, 2.24) is 0 Å². The van der Waals surface area contributed by atoms with Crippen molar-refractivity contribution in [2.45, 2.75) is 6.92 Å². The van der Waals surface area contributed by atoms with E-state index < -0.39 is 0 Å². The maximum atomic E-state index is 11.3. The van der Waals surface area contributed by atoms with Gasteiger partial charge in [0, 0.05) is 41.0 Å². The number of carbonyl (C=O) groups is 1. The van der Waals surface area contributed by atoms with Gasteiger partial charge in [0.05, 0.1) is 0 Å². The smallest absolute Gasteiger partial charge is 0.308 e. The van der Waals surface area contributed by atoms with Crippen molar-refractivity contribution in [3.63, 3.8) is 0 Å². The molecular formula is C32H26N2O2. The number of nitrogens with zero attached hydrogens (tertiary/aromatic N) is 2. The molecule has 0 bridgehead atoms. The minimum Gasteiger partial charge on any atom is -0.427 e. The lowest BCUT2D eigenvalue weighted by molar-refractivity contribution is -0.131. The molecule has 0 aliphatic carbocycles. The molecule has 0 amide bonds. The number of para-hydroxylation sites is 3. The fourth-order valence-corrected chi connectivity index (χ4v) is 4.21. The Morgan fingerprint density at radius 2 is 0.722 bits per heavy atom. The molecule has 0 spiro atoms. The number of hydrogen-bond donors (Lipinski definition) is 0. The van der Waals surface area contributed by atoms with Crippen molar-refractivity contribution in [3.05, 3.63) is 140 Å². The van der Waals surface area contributed by atoms with Crippen LogP contribution >= 0.6 is 0 Å². The van der Waals surface area contributed by atoms with Gasteiger partial charge in [0.1, 0.15) is 5.75 Å². The molecule has 4 nitrogen and oxygen atoms in total. The van der Waals surface area contributed by atoms with Crippen molar-refractivity contribution in [3.8, 4) is 5.75 Å². The van der Waals surface area contributed by atoms with Crippen molar-refractivity contribution in [1.29, 1.82) is 0 Å². The largest absolute Gasteiger partial charge is 0.427 e. The molecule has 0 fully saturated rings. The first-order valence-electron chi connectivity index (χ1n) is 11.8. The molecule has 0 saturated heterocycles. The lowest BCUT2D eigenvalue weighted by atomic mass is 10.1. The Kier molecular flexibility index (Phi) is 6.77. The third-order valence-electron chi connectivity index (χ3n) is 5.77. The molecule has 176 valence electrons. The van der Waals surface area contributed by atoms with Gasteiger partial charge in [-0.15, -0.1) is 0 Å². The Bertz CT molecular complexity index is 1360. The summed E-state index contributed by atoms with van der Waals surface area (Å²) in [6.07, 6.45) is 0. The lowest BCUT2D eigenvalue weighted by Gasteiger charge is -2.28. The zero-order chi connectivity index (χ0) is 24.7. The van der Waals surface area contributed by atoms with E-state index in [-0.39, 0.29) is 5.97 Å². The van der Waals surface area contributed by atoms with Crippen LogP contribution in [0.5, 0.6) is 5.75 Å². The molecule has 0 aliphatic heterocycles. The highest BCUT2D eigenvalue weighted by Gasteiger charge is 2.15. The van der Waals surface area contributed by atoms with Gasteiger partial charge in [-0.25, -0.2) is 0 Å². The van der Waals surface area contributed by atoms with Crippen molar-refractivity contribution >= 4 is 40.1 Å². The van der Waals surface area contributed by atoms with Crippen LogP contribution in [0.15, 0.2) is 140 Å². The summed E-state index contributed by atoms with van der Waals surface area (Å²) in [4.78, 5) is 15.7. The molecule has 0 radical (unpaired) electrons. The Balaban J connectivity index is 1.53. The monoisotopic (exact) mass is 470 g/mol. The van der Waals surface area contributed by atoms with Crippen LogP contribution in [-0.4, -0.2) is 5.97 Å². The minimum absolute atomic E-state index is 0.334. The van der Waals surface area contributed by atoms with Crippen LogP contribution in [0.25, 0.3) is 0 Å². The zero-order valence-electron chi connectivity index (χ0n) is 20.0. The topological polar surface area (TPSA) is 32.8 Å². The van der Waals surface area contributed by atoms with Crippen LogP contribution < -0.4 is 14.5 Å². The molecule has 5 aromatic carbocycles. The summed E-state index contributed by atoms with van der Waals surface area (Å²) < 4.78 is 5.22. The molecular weight excluding hydrogens is 444 g/mol. The molecule has 5 rings (SSSR count). The Labute approximate surface area is 211 Å². The van der Waals surface area contributed by atoms with Crippen LogP contribution in [0.3, 0.4) is 0 Å². The minimum atomic E-state index is -0.334. The third kappa shape index (κ3) is 5.13. The summed E-state index contributed by atoms with van der Waals surface area (Å²) >= 11 is 0. The summed E-state index contributed by atoms with van der Waals surface area (Å²) in [5.41, 5.74) is 6.27. The first-order chi connectivity index (χ1) is 17.7. The predicted octanol–water partition coefficient (Wildman–Crippen LogP) is 8.55. The molecule has 4 heteroatoms. The van der Waals surface area contributed by atoms with E-state index in [1.54, 1.807) is 0 Å². The highest BCUT2D eigenvalue weighted by atomic mass is 16.5. The maximum Gasteiger partial charge on any atom is 0.308 e. The van der Waals surface area contributed by atoms with E-state index in [0.29, 0.717) is 5.75 Å². The molecule has 0 atom stereocenters. The maximum absolute atomic E-state index is 11.3. The fourth-order valence-electron chi connectivity index (χ4n) is 4.21. The molecule has 0 saturated carbocycles. The van der Waals surface area contributed by atoms with Crippen molar-refractivity contribution in [2.24, 2.45) is 0 Å². The lowest BCUT2D eigenvalue weighted by Crippen LogP contribution is -2.12. The first kappa shape index (κ1) is 22.9. The average Bonchev–Trinajstić information content (AvgIpc) is 2.92. The SMILES string of the molecule is CC(=O)Oc1ccc(N(c2ccccc2)c2ccc(N(c3ccccc3)c3ccccc3)cc2)cc1. The summed E-state index contributed by atoms with van der Waals surface area (Å²) in [6, 6.07) is 47.0. The molecule has 0 unspecified atom stereocenters. The van der Waals surface area contributed by atoms with E-state index in [1.165, 1.54) is 6.92 Å². The third-order valence-corrected chi connectivity index (χ3v) is 5.77. The van der Waals surface area contributed by atoms with E-state index in [2.05, 4.69) is 94.7 Å². The number of carbonyl (C=O) groups excluding carboxylic acids is 1. The number of anilines is 6. The Morgan fingerprint density at radius 3 is 1.03 bits per heavy atom. The van der Waals surface area contributed by atoms with Crippen LogP contribution in [0.1, 0.15) is 6.92 Å². The molecule has 0 aliphatic rings. The van der Waals surface area contributed by atoms with E-state index in [0.717, 1.165) is 34.1 Å². The standard InChI is InChI=1S/C32H26N2O2/c1-25(35)36-32-23-21-31(22-24-32)34(28-15-9-4-10-16-28)30-19-17-29(18-20-30)33(26-11-5-2-6-12-26)27-13-7-3-8-14-27/h2-24H,1H3. The van der Waals surface area contributed by atoms with Gasteiger partial charge in [-0.3, -0.25) is 4.79 Å². The van der Waals surface area contributed by atoms with Gasteiger partial charge in [-0.2, -0.15) is 0 Å². The molecule has 36 heavy (non-hydrogen) atoms. The average molecular weight is 471 g/mol. The van der Waals surface area contributed by atoms with Crippen molar-refractivity contribution in [2.75, 3.05) is 9.80 Å². The van der Waals surface area contributed by atoms with Gasteiger partial charge in [0.15, 0.2) is 0 Å². The highest BCUT2D eigenvalue weighted by Crippen LogP contribution is 2.39.